The van der Waals surface area contributed by atoms with Gasteiger partial charge in [0.05, 0.1) is 0 Å². The van der Waals surface area contributed by atoms with Crippen LogP contribution in [0.25, 0.3) is 0 Å². The van der Waals surface area contributed by atoms with Crippen LogP contribution in [0.1, 0.15) is 25.3 Å². The predicted molar refractivity (Wildman–Crippen MR) is 91.9 cm³/mol. The van der Waals surface area contributed by atoms with Crippen LogP contribution < -0.4 is 10.2 Å². The number of nitrogens with one attached hydrogen (secondary N) is 1. The minimum Gasteiger partial charge on any atom is -0.396 e. The molecular weight excluding hydrogens is 306 g/mol. The molecule has 1 atom stereocenters. The Labute approximate surface area is 142 Å². The number of hydrogen-bond donors (Lipinski definition) is 2. The molecule has 130 valence electrons. The predicted octanol–water partition coefficient (Wildman–Crippen LogP) is 1.38. The molecule has 0 bridgehead atoms. The third-order valence-electron chi connectivity index (χ3n) is 5.02. The largest absolute Gasteiger partial charge is 0.396 e. The number of carbonyl (C=O) groups excluding carboxylic acids is 2. The first kappa shape index (κ1) is 16.8. The van der Waals surface area contributed by atoms with Gasteiger partial charge in [-0.15, -0.1) is 0 Å². The fourth-order valence-corrected chi connectivity index (χ4v) is 3.46. The van der Waals surface area contributed by atoms with E-state index in [1.807, 2.05) is 24.3 Å². The smallest absolute Gasteiger partial charge is 0.318 e. The molecule has 1 fully saturated rings. The number of rotatable bonds is 3. The number of aliphatic hydroxyl groups is 1. The van der Waals surface area contributed by atoms with Gasteiger partial charge in [-0.25, -0.2) is 4.79 Å². The molecule has 2 aliphatic heterocycles. The summed E-state index contributed by atoms with van der Waals surface area (Å²) in [6.07, 6.45) is 2.48. The van der Waals surface area contributed by atoms with Gasteiger partial charge in [0.2, 0.25) is 5.91 Å². The van der Waals surface area contributed by atoms with Crippen LogP contribution in [0.4, 0.5) is 10.5 Å². The first-order valence-electron chi connectivity index (χ1n) is 8.65. The van der Waals surface area contributed by atoms with Crippen LogP contribution in [-0.4, -0.2) is 54.2 Å². The highest BCUT2D eigenvalue weighted by Gasteiger charge is 2.30. The monoisotopic (exact) mass is 331 g/mol. The van der Waals surface area contributed by atoms with Crippen molar-refractivity contribution in [2.24, 2.45) is 5.92 Å². The van der Waals surface area contributed by atoms with Gasteiger partial charge in [0.25, 0.3) is 0 Å². The molecule has 6 heteroatoms. The summed E-state index contributed by atoms with van der Waals surface area (Å²) in [6, 6.07) is 7.15. The number of likely N-dealkylation sites (tertiary alicyclic amines) is 1. The third-order valence-corrected chi connectivity index (χ3v) is 5.02. The topological polar surface area (TPSA) is 72.9 Å². The van der Waals surface area contributed by atoms with Gasteiger partial charge in [0.1, 0.15) is 6.04 Å². The Morgan fingerprint density at radius 3 is 2.67 bits per heavy atom. The van der Waals surface area contributed by atoms with Gasteiger partial charge in [-0.3, -0.25) is 4.79 Å². The Morgan fingerprint density at radius 1 is 1.25 bits per heavy atom. The summed E-state index contributed by atoms with van der Waals surface area (Å²) >= 11 is 0. The van der Waals surface area contributed by atoms with Gasteiger partial charge < -0.3 is 20.2 Å². The SMILES string of the molecule is C[C@H](NC(=O)N1CCC(CO)CC1)C(=O)N1CCc2ccccc21. The molecule has 0 unspecified atom stereocenters. The second-order valence-corrected chi connectivity index (χ2v) is 6.65. The van der Waals surface area contributed by atoms with E-state index in [1.165, 1.54) is 5.56 Å². The Hall–Kier alpha value is -2.08. The maximum absolute atomic E-state index is 12.7. The number of benzene rings is 1. The highest BCUT2D eigenvalue weighted by molar-refractivity contribution is 6.00. The molecule has 0 spiro atoms. The van der Waals surface area contributed by atoms with E-state index in [1.54, 1.807) is 16.7 Å². The zero-order valence-electron chi connectivity index (χ0n) is 14.1. The molecule has 0 saturated carbocycles. The van der Waals surface area contributed by atoms with Gasteiger partial charge in [-0.1, -0.05) is 18.2 Å². The van der Waals surface area contributed by atoms with Crippen LogP contribution >= 0.6 is 0 Å². The zero-order chi connectivity index (χ0) is 17.1. The standard InChI is InChI=1S/C18H25N3O3/c1-13(19-18(24)20-9-6-14(12-22)7-10-20)17(23)21-11-8-15-4-2-3-5-16(15)21/h2-5,13-14,22H,6-12H2,1H3,(H,19,24)/t13-/m0/s1. The summed E-state index contributed by atoms with van der Waals surface area (Å²) in [5.41, 5.74) is 2.13. The van der Waals surface area contributed by atoms with Crippen molar-refractivity contribution in [3.63, 3.8) is 0 Å². The highest BCUT2D eigenvalue weighted by atomic mass is 16.3. The van der Waals surface area contributed by atoms with Crippen molar-refractivity contribution in [3.8, 4) is 0 Å². The molecule has 1 aromatic rings. The Morgan fingerprint density at radius 2 is 1.96 bits per heavy atom. The molecule has 2 N–H and O–H groups in total. The molecule has 2 heterocycles. The van der Waals surface area contributed by atoms with Gasteiger partial charge in [0, 0.05) is 31.9 Å². The number of anilines is 1. The maximum atomic E-state index is 12.7. The number of nitrogens with zero attached hydrogens (tertiary/aromatic N) is 2. The van der Waals surface area contributed by atoms with Crippen molar-refractivity contribution in [1.82, 2.24) is 10.2 Å². The molecule has 0 aliphatic carbocycles. The lowest BCUT2D eigenvalue weighted by Gasteiger charge is -2.32. The Kier molecular flexibility index (Phi) is 5.04. The van der Waals surface area contributed by atoms with Crippen LogP contribution in [0.2, 0.25) is 0 Å². The summed E-state index contributed by atoms with van der Waals surface area (Å²) < 4.78 is 0. The summed E-state index contributed by atoms with van der Waals surface area (Å²) in [5.74, 6) is 0.216. The lowest BCUT2D eigenvalue weighted by atomic mass is 9.98. The number of piperidine rings is 1. The summed E-state index contributed by atoms with van der Waals surface area (Å²) in [7, 11) is 0. The van der Waals surface area contributed by atoms with Crippen LogP contribution in [0.5, 0.6) is 0 Å². The van der Waals surface area contributed by atoms with Crippen molar-refractivity contribution < 1.29 is 14.7 Å². The first-order valence-corrected chi connectivity index (χ1v) is 8.65. The van der Waals surface area contributed by atoms with E-state index in [0.29, 0.717) is 19.6 Å². The first-order chi connectivity index (χ1) is 11.6. The van der Waals surface area contributed by atoms with E-state index in [2.05, 4.69) is 5.32 Å². The van der Waals surface area contributed by atoms with Gasteiger partial charge in [-0.2, -0.15) is 0 Å². The molecular formula is C18H25N3O3. The van der Waals surface area contributed by atoms with Crippen molar-refractivity contribution in [1.29, 1.82) is 0 Å². The van der Waals surface area contributed by atoms with Crippen LogP contribution in [-0.2, 0) is 11.2 Å². The summed E-state index contributed by atoms with van der Waals surface area (Å²) in [6.45, 7) is 3.84. The molecule has 0 aromatic heterocycles. The van der Waals surface area contributed by atoms with Crippen molar-refractivity contribution in [3.05, 3.63) is 29.8 Å². The number of para-hydroxylation sites is 1. The van der Waals surface area contributed by atoms with E-state index >= 15 is 0 Å². The van der Waals surface area contributed by atoms with Crippen LogP contribution in [0, 0.1) is 5.92 Å². The van der Waals surface area contributed by atoms with E-state index in [4.69, 9.17) is 5.11 Å². The Bertz CT molecular complexity index is 611. The van der Waals surface area contributed by atoms with Crippen LogP contribution in [0.15, 0.2) is 24.3 Å². The lowest BCUT2D eigenvalue weighted by molar-refractivity contribution is -0.120. The Balaban J connectivity index is 1.56. The molecule has 1 saturated heterocycles. The number of aliphatic hydroxyl groups excluding tert-OH is 1. The highest BCUT2D eigenvalue weighted by Crippen LogP contribution is 2.27. The molecule has 6 nitrogen and oxygen atoms in total. The average Bonchev–Trinajstić information content (AvgIpc) is 3.05. The number of amides is 3. The zero-order valence-corrected chi connectivity index (χ0v) is 14.1. The molecule has 1 aromatic carbocycles. The van der Waals surface area contributed by atoms with Crippen molar-refractivity contribution in [2.45, 2.75) is 32.2 Å². The number of carbonyl (C=O) groups is 2. The fraction of sp³-hybridized carbons (Fsp3) is 0.556. The minimum absolute atomic E-state index is 0.0708. The summed E-state index contributed by atoms with van der Waals surface area (Å²) in [4.78, 5) is 28.5. The molecule has 0 radical (unpaired) electrons. The number of hydrogen-bond acceptors (Lipinski definition) is 3. The number of fused-ring (bicyclic) bond motifs is 1. The summed E-state index contributed by atoms with van der Waals surface area (Å²) in [5, 5.41) is 12.0. The molecule has 3 amide bonds. The van der Waals surface area contributed by atoms with E-state index in [9.17, 15) is 9.59 Å². The third kappa shape index (κ3) is 3.38. The second kappa shape index (κ2) is 7.21. The maximum Gasteiger partial charge on any atom is 0.318 e. The van der Waals surface area contributed by atoms with Gasteiger partial charge in [-0.05, 0) is 43.7 Å². The normalized spacial score (nSPS) is 19.1. The van der Waals surface area contributed by atoms with Crippen molar-refractivity contribution >= 4 is 17.6 Å². The number of urea groups is 1. The average molecular weight is 331 g/mol. The quantitative estimate of drug-likeness (QED) is 0.879. The minimum atomic E-state index is -0.556. The van der Waals surface area contributed by atoms with E-state index in [0.717, 1.165) is 24.9 Å². The molecule has 24 heavy (non-hydrogen) atoms. The molecule has 2 aliphatic rings. The van der Waals surface area contributed by atoms with E-state index < -0.39 is 6.04 Å². The lowest BCUT2D eigenvalue weighted by Crippen LogP contribution is -2.52. The van der Waals surface area contributed by atoms with Crippen molar-refractivity contribution in [2.75, 3.05) is 31.1 Å². The second-order valence-electron chi connectivity index (χ2n) is 6.65. The van der Waals surface area contributed by atoms with Crippen LogP contribution in [0.3, 0.4) is 0 Å². The van der Waals surface area contributed by atoms with Gasteiger partial charge in [0.15, 0.2) is 0 Å². The van der Waals surface area contributed by atoms with E-state index in [-0.39, 0.29) is 24.5 Å². The molecule has 3 rings (SSSR count). The fourth-order valence-electron chi connectivity index (χ4n) is 3.46. The van der Waals surface area contributed by atoms with Gasteiger partial charge >= 0.3 is 6.03 Å².